The van der Waals surface area contributed by atoms with Gasteiger partial charge in [0.1, 0.15) is 5.60 Å². The van der Waals surface area contributed by atoms with E-state index in [4.69, 9.17) is 4.74 Å². The Hall–Kier alpha value is -1.79. The van der Waals surface area contributed by atoms with Gasteiger partial charge in [0.2, 0.25) is 11.8 Å². The number of carbonyl (C=O) groups is 3. The summed E-state index contributed by atoms with van der Waals surface area (Å²) in [6.07, 6.45) is -0.444. The van der Waals surface area contributed by atoms with Crippen LogP contribution in [0.1, 0.15) is 34.6 Å². The van der Waals surface area contributed by atoms with Gasteiger partial charge in [-0.15, -0.1) is 0 Å². The number of nitrogens with zero attached hydrogens (tertiary/aromatic N) is 1. The van der Waals surface area contributed by atoms with Crippen molar-refractivity contribution in [2.24, 2.45) is 0 Å². The van der Waals surface area contributed by atoms with Crippen molar-refractivity contribution in [1.29, 1.82) is 0 Å². The van der Waals surface area contributed by atoms with E-state index in [0.29, 0.717) is 13.1 Å². The maximum Gasteiger partial charge on any atom is 0.410 e. The van der Waals surface area contributed by atoms with Gasteiger partial charge in [-0.1, -0.05) is 0 Å². The molecule has 3 amide bonds. The maximum atomic E-state index is 12.0. The van der Waals surface area contributed by atoms with Crippen molar-refractivity contribution in [3.05, 3.63) is 0 Å². The Kier molecular flexibility index (Phi) is 4.97. The standard InChI is InChI=1S/C13H23N3O4/c1-8(17)14-10-6-16(7-11(10)15-9(2)18)12(19)20-13(3,4)5/h10-11H,6-7H2,1-5H3,(H,14,17)(H,15,18)/t10-,11-/m1/s1. The molecular weight excluding hydrogens is 262 g/mol. The van der Waals surface area contributed by atoms with Gasteiger partial charge in [-0.05, 0) is 20.8 Å². The fourth-order valence-electron chi connectivity index (χ4n) is 2.09. The van der Waals surface area contributed by atoms with Gasteiger partial charge in [0.05, 0.1) is 12.1 Å². The number of nitrogens with one attached hydrogen (secondary N) is 2. The third-order valence-corrected chi connectivity index (χ3v) is 2.75. The fourth-order valence-corrected chi connectivity index (χ4v) is 2.09. The molecule has 1 rings (SSSR count). The second-order valence-electron chi connectivity index (χ2n) is 6.00. The molecule has 114 valence electrons. The quantitative estimate of drug-likeness (QED) is 0.761. The first-order valence-corrected chi connectivity index (χ1v) is 6.60. The molecule has 0 aromatic carbocycles. The third-order valence-electron chi connectivity index (χ3n) is 2.75. The molecule has 2 atom stereocenters. The number of hydrogen-bond acceptors (Lipinski definition) is 4. The van der Waals surface area contributed by atoms with Crippen molar-refractivity contribution >= 4 is 17.9 Å². The number of hydrogen-bond donors (Lipinski definition) is 2. The molecule has 0 spiro atoms. The van der Waals surface area contributed by atoms with Gasteiger partial charge in [0.25, 0.3) is 0 Å². The molecule has 1 saturated heterocycles. The molecule has 0 bridgehead atoms. The molecule has 1 heterocycles. The summed E-state index contributed by atoms with van der Waals surface area (Å²) in [5.74, 6) is -0.396. The van der Waals surface area contributed by atoms with Crippen molar-refractivity contribution in [3.63, 3.8) is 0 Å². The largest absolute Gasteiger partial charge is 0.444 e. The summed E-state index contributed by atoms with van der Waals surface area (Å²) in [5, 5.41) is 5.48. The molecule has 0 saturated carbocycles. The van der Waals surface area contributed by atoms with Gasteiger partial charge in [0, 0.05) is 26.9 Å². The zero-order valence-corrected chi connectivity index (χ0v) is 12.6. The average molecular weight is 285 g/mol. The predicted octanol–water partition coefficient (Wildman–Crippen LogP) is 0.246. The predicted molar refractivity (Wildman–Crippen MR) is 73.0 cm³/mol. The summed E-state index contributed by atoms with van der Waals surface area (Å²) in [5.41, 5.74) is -0.577. The molecular formula is C13H23N3O4. The van der Waals surface area contributed by atoms with E-state index in [0.717, 1.165) is 0 Å². The number of rotatable bonds is 2. The molecule has 7 nitrogen and oxygen atoms in total. The summed E-state index contributed by atoms with van der Waals surface area (Å²) in [4.78, 5) is 35.9. The highest BCUT2D eigenvalue weighted by Gasteiger charge is 2.37. The van der Waals surface area contributed by atoms with Gasteiger partial charge < -0.3 is 20.3 Å². The zero-order valence-electron chi connectivity index (χ0n) is 12.6. The number of carbonyl (C=O) groups excluding carboxylic acids is 3. The Balaban J connectivity index is 2.70. The van der Waals surface area contributed by atoms with E-state index >= 15 is 0 Å². The van der Waals surface area contributed by atoms with Crippen LogP contribution in [0.2, 0.25) is 0 Å². The van der Waals surface area contributed by atoms with Crippen molar-refractivity contribution in [3.8, 4) is 0 Å². The second-order valence-corrected chi connectivity index (χ2v) is 6.00. The van der Waals surface area contributed by atoms with Crippen LogP contribution >= 0.6 is 0 Å². The van der Waals surface area contributed by atoms with Crippen LogP contribution < -0.4 is 10.6 Å². The Morgan fingerprint density at radius 1 is 1.00 bits per heavy atom. The molecule has 0 aliphatic carbocycles. The van der Waals surface area contributed by atoms with Crippen molar-refractivity contribution in [2.45, 2.75) is 52.3 Å². The lowest BCUT2D eigenvalue weighted by atomic mass is 10.1. The zero-order chi connectivity index (χ0) is 15.5. The molecule has 0 aromatic heterocycles. The normalized spacial score (nSPS) is 22.4. The molecule has 2 N–H and O–H groups in total. The van der Waals surface area contributed by atoms with Crippen molar-refractivity contribution in [2.75, 3.05) is 13.1 Å². The lowest BCUT2D eigenvalue weighted by Crippen LogP contribution is -2.49. The van der Waals surface area contributed by atoms with Crippen LogP contribution in [0.5, 0.6) is 0 Å². The molecule has 1 aliphatic rings. The van der Waals surface area contributed by atoms with Crippen LogP contribution in [-0.2, 0) is 14.3 Å². The smallest absolute Gasteiger partial charge is 0.410 e. The van der Waals surface area contributed by atoms with Crippen molar-refractivity contribution < 1.29 is 19.1 Å². The lowest BCUT2D eigenvalue weighted by molar-refractivity contribution is -0.122. The second kappa shape index (κ2) is 6.11. The Morgan fingerprint density at radius 3 is 1.70 bits per heavy atom. The molecule has 20 heavy (non-hydrogen) atoms. The molecule has 0 unspecified atom stereocenters. The highest BCUT2D eigenvalue weighted by atomic mass is 16.6. The number of ether oxygens (including phenoxy) is 1. The van der Waals surface area contributed by atoms with Crippen LogP contribution in [0.25, 0.3) is 0 Å². The molecule has 1 aliphatic heterocycles. The molecule has 1 fully saturated rings. The van der Waals surface area contributed by atoms with Gasteiger partial charge in [-0.25, -0.2) is 4.79 Å². The van der Waals surface area contributed by atoms with Crippen molar-refractivity contribution in [1.82, 2.24) is 15.5 Å². The van der Waals surface area contributed by atoms with E-state index in [1.807, 2.05) is 0 Å². The molecule has 7 heteroatoms. The average Bonchev–Trinajstić information content (AvgIpc) is 2.57. The van der Waals surface area contributed by atoms with E-state index in [-0.39, 0.29) is 23.9 Å². The van der Waals surface area contributed by atoms with Gasteiger partial charge in [-0.2, -0.15) is 0 Å². The first kappa shape index (κ1) is 16.3. The SMILES string of the molecule is CC(=O)N[C@@H]1CN(C(=O)OC(C)(C)C)C[C@H]1NC(C)=O. The Labute approximate surface area is 119 Å². The van der Waals surface area contributed by atoms with E-state index in [9.17, 15) is 14.4 Å². The molecule has 0 radical (unpaired) electrons. The monoisotopic (exact) mass is 285 g/mol. The first-order valence-electron chi connectivity index (χ1n) is 6.60. The van der Waals surface area contributed by atoms with Crippen LogP contribution in [0.4, 0.5) is 4.79 Å². The van der Waals surface area contributed by atoms with E-state index in [2.05, 4.69) is 10.6 Å². The van der Waals surface area contributed by atoms with Crippen LogP contribution in [-0.4, -0.2) is 53.6 Å². The summed E-state index contributed by atoms with van der Waals surface area (Å²) >= 11 is 0. The lowest BCUT2D eigenvalue weighted by Gasteiger charge is -2.24. The van der Waals surface area contributed by atoms with Crippen LogP contribution in [0.3, 0.4) is 0 Å². The van der Waals surface area contributed by atoms with Gasteiger partial charge >= 0.3 is 6.09 Å². The fraction of sp³-hybridized carbons (Fsp3) is 0.769. The van der Waals surface area contributed by atoms with E-state index < -0.39 is 11.7 Å². The third kappa shape index (κ3) is 5.07. The Bertz CT molecular complexity index is 379. The van der Waals surface area contributed by atoms with Gasteiger partial charge in [-0.3, -0.25) is 9.59 Å². The Morgan fingerprint density at radius 2 is 1.40 bits per heavy atom. The maximum absolute atomic E-state index is 12.0. The topological polar surface area (TPSA) is 87.7 Å². The van der Waals surface area contributed by atoms with Crippen LogP contribution in [0, 0.1) is 0 Å². The summed E-state index contributed by atoms with van der Waals surface area (Å²) in [6.45, 7) is 8.81. The van der Waals surface area contributed by atoms with E-state index in [1.165, 1.54) is 18.7 Å². The highest BCUT2D eigenvalue weighted by Crippen LogP contribution is 2.16. The minimum absolute atomic E-state index is 0.198. The van der Waals surface area contributed by atoms with Crippen LogP contribution in [0.15, 0.2) is 0 Å². The highest BCUT2D eigenvalue weighted by molar-refractivity contribution is 5.76. The minimum atomic E-state index is -0.577. The number of amides is 3. The van der Waals surface area contributed by atoms with E-state index in [1.54, 1.807) is 20.8 Å². The minimum Gasteiger partial charge on any atom is -0.444 e. The summed E-state index contributed by atoms with van der Waals surface area (Å²) in [6, 6.07) is -0.604. The summed E-state index contributed by atoms with van der Waals surface area (Å²) in [7, 11) is 0. The van der Waals surface area contributed by atoms with Gasteiger partial charge in [0.15, 0.2) is 0 Å². The summed E-state index contributed by atoms with van der Waals surface area (Å²) < 4.78 is 5.29. The molecule has 0 aromatic rings. The first-order chi connectivity index (χ1) is 9.08. The number of likely N-dealkylation sites (tertiary alicyclic amines) is 1.